The normalized spacial score (nSPS) is 20.5. The lowest BCUT2D eigenvalue weighted by molar-refractivity contribution is -0.152. The first-order valence-corrected chi connectivity index (χ1v) is 8.25. The van der Waals surface area contributed by atoms with Crippen LogP contribution in [0.5, 0.6) is 0 Å². The Morgan fingerprint density at radius 2 is 2.24 bits per heavy atom. The highest BCUT2D eigenvalue weighted by Gasteiger charge is 2.34. The maximum atomic E-state index is 12.4. The maximum absolute atomic E-state index is 12.4. The monoisotopic (exact) mass is 384 g/mol. The van der Waals surface area contributed by atoms with Crippen molar-refractivity contribution in [2.75, 3.05) is 19.6 Å². The molecule has 0 saturated carbocycles. The Balaban J connectivity index is 1.81. The van der Waals surface area contributed by atoms with Crippen LogP contribution in [-0.2, 0) is 11.3 Å². The van der Waals surface area contributed by atoms with Crippen molar-refractivity contribution in [3.05, 3.63) is 20.8 Å². The second kappa shape index (κ2) is 7.11. The molecular formula is C13H16BrF3N2OS. The first kappa shape index (κ1) is 16.8. The van der Waals surface area contributed by atoms with Gasteiger partial charge < -0.3 is 5.32 Å². The third-order valence-electron chi connectivity index (χ3n) is 3.34. The van der Waals surface area contributed by atoms with Crippen molar-refractivity contribution in [2.45, 2.75) is 25.6 Å². The van der Waals surface area contributed by atoms with Crippen molar-refractivity contribution >= 4 is 33.2 Å². The Morgan fingerprint density at radius 1 is 1.48 bits per heavy atom. The smallest absolute Gasteiger partial charge is 0.351 e. The van der Waals surface area contributed by atoms with Gasteiger partial charge in [-0.25, -0.2) is 0 Å². The van der Waals surface area contributed by atoms with E-state index in [9.17, 15) is 18.0 Å². The minimum atomic E-state index is -4.21. The van der Waals surface area contributed by atoms with Gasteiger partial charge in [0.2, 0.25) is 5.91 Å². The van der Waals surface area contributed by atoms with Gasteiger partial charge in [-0.15, -0.1) is 11.3 Å². The maximum Gasteiger partial charge on any atom is 0.401 e. The Hall–Kier alpha value is -0.600. The molecule has 3 nitrogen and oxygen atoms in total. The number of thiophene rings is 1. The van der Waals surface area contributed by atoms with Crippen LogP contribution in [0.25, 0.3) is 0 Å². The summed E-state index contributed by atoms with van der Waals surface area (Å²) in [7, 11) is 0. The molecule has 1 saturated heterocycles. The van der Waals surface area contributed by atoms with E-state index in [4.69, 9.17) is 0 Å². The number of likely N-dealkylation sites (tertiary alicyclic amines) is 1. The van der Waals surface area contributed by atoms with Gasteiger partial charge in [-0.3, -0.25) is 9.69 Å². The van der Waals surface area contributed by atoms with E-state index in [2.05, 4.69) is 21.2 Å². The van der Waals surface area contributed by atoms with Gasteiger partial charge in [-0.1, -0.05) is 0 Å². The van der Waals surface area contributed by atoms with Crippen LogP contribution in [0.3, 0.4) is 0 Å². The van der Waals surface area contributed by atoms with Gasteiger partial charge in [0.1, 0.15) is 0 Å². The van der Waals surface area contributed by atoms with Crippen molar-refractivity contribution in [3.8, 4) is 0 Å². The molecule has 1 amide bonds. The number of carbonyl (C=O) groups excluding carboxylic acids is 1. The van der Waals surface area contributed by atoms with E-state index in [1.165, 1.54) is 16.2 Å². The van der Waals surface area contributed by atoms with Crippen LogP contribution in [-0.4, -0.2) is 36.6 Å². The van der Waals surface area contributed by atoms with E-state index in [0.717, 1.165) is 8.66 Å². The van der Waals surface area contributed by atoms with Gasteiger partial charge in [0, 0.05) is 11.4 Å². The molecule has 0 unspecified atom stereocenters. The number of nitrogens with zero attached hydrogens (tertiary/aromatic N) is 1. The van der Waals surface area contributed by atoms with Gasteiger partial charge in [-0.05, 0) is 47.4 Å². The molecule has 1 aromatic rings. The molecule has 0 spiro atoms. The lowest BCUT2D eigenvalue weighted by atomic mass is 9.97. The van der Waals surface area contributed by atoms with E-state index in [1.807, 2.05) is 12.1 Å². The summed E-state index contributed by atoms with van der Waals surface area (Å²) < 4.78 is 38.2. The lowest BCUT2D eigenvalue weighted by Gasteiger charge is -2.32. The predicted molar refractivity (Wildman–Crippen MR) is 79.1 cm³/mol. The summed E-state index contributed by atoms with van der Waals surface area (Å²) in [6.45, 7) is 0.0696. The predicted octanol–water partition coefficient (Wildman–Crippen LogP) is 3.40. The third kappa shape index (κ3) is 5.60. The van der Waals surface area contributed by atoms with Crippen LogP contribution in [0, 0.1) is 5.92 Å². The number of carbonyl (C=O) groups is 1. The highest BCUT2D eigenvalue weighted by atomic mass is 79.9. The Kier molecular flexibility index (Phi) is 5.67. The van der Waals surface area contributed by atoms with Crippen LogP contribution in [0.4, 0.5) is 13.2 Å². The molecule has 1 fully saturated rings. The first-order valence-electron chi connectivity index (χ1n) is 6.64. The minimum Gasteiger partial charge on any atom is -0.351 e. The van der Waals surface area contributed by atoms with Crippen LogP contribution < -0.4 is 5.32 Å². The molecule has 118 valence electrons. The van der Waals surface area contributed by atoms with E-state index < -0.39 is 12.7 Å². The molecule has 2 heterocycles. The second-order valence-corrected chi connectivity index (χ2v) is 7.66. The Bertz CT molecular complexity index is 492. The van der Waals surface area contributed by atoms with Crippen molar-refractivity contribution < 1.29 is 18.0 Å². The average Bonchev–Trinajstić information content (AvgIpc) is 2.80. The summed E-state index contributed by atoms with van der Waals surface area (Å²) in [5.74, 6) is -0.518. The molecule has 2 rings (SSSR count). The number of piperidine rings is 1. The molecular weight excluding hydrogens is 369 g/mol. The van der Waals surface area contributed by atoms with Crippen molar-refractivity contribution in [1.82, 2.24) is 10.2 Å². The fraction of sp³-hybridized carbons (Fsp3) is 0.615. The molecule has 0 bridgehead atoms. The molecule has 0 aliphatic carbocycles. The first-order chi connectivity index (χ1) is 9.83. The van der Waals surface area contributed by atoms with Gasteiger partial charge in [0.15, 0.2) is 0 Å². The molecule has 0 radical (unpaired) electrons. The standard InChI is InChI=1S/C13H16BrF3N2OS/c14-11-4-3-10(21-11)6-18-12(20)9-2-1-5-19(7-9)8-13(15,16)17/h3-4,9H,1-2,5-8H2,(H,18,20)/t9-/m0/s1. The molecule has 8 heteroatoms. The van der Waals surface area contributed by atoms with Gasteiger partial charge in [0.05, 0.1) is 22.8 Å². The van der Waals surface area contributed by atoms with E-state index in [0.29, 0.717) is 25.9 Å². The van der Waals surface area contributed by atoms with E-state index >= 15 is 0 Å². The van der Waals surface area contributed by atoms with Crippen LogP contribution in [0.2, 0.25) is 0 Å². The quantitative estimate of drug-likeness (QED) is 0.862. The highest BCUT2D eigenvalue weighted by molar-refractivity contribution is 9.11. The van der Waals surface area contributed by atoms with Crippen LogP contribution >= 0.6 is 27.3 Å². The zero-order chi connectivity index (χ0) is 15.5. The Labute approximate surface area is 133 Å². The lowest BCUT2D eigenvalue weighted by Crippen LogP contribution is -2.45. The molecule has 21 heavy (non-hydrogen) atoms. The van der Waals surface area contributed by atoms with Crippen molar-refractivity contribution in [3.63, 3.8) is 0 Å². The number of amides is 1. The van der Waals surface area contributed by atoms with Crippen LogP contribution in [0.1, 0.15) is 17.7 Å². The summed E-state index contributed by atoms with van der Waals surface area (Å²) in [6, 6.07) is 3.81. The number of nitrogens with one attached hydrogen (secondary N) is 1. The number of halogens is 4. The zero-order valence-corrected chi connectivity index (χ0v) is 13.7. The van der Waals surface area contributed by atoms with Crippen molar-refractivity contribution in [2.24, 2.45) is 5.92 Å². The number of alkyl halides is 3. The zero-order valence-electron chi connectivity index (χ0n) is 11.3. The molecule has 1 aliphatic heterocycles. The molecule has 1 atom stereocenters. The average molecular weight is 385 g/mol. The molecule has 1 aliphatic rings. The molecule has 0 aromatic carbocycles. The topological polar surface area (TPSA) is 32.3 Å². The van der Waals surface area contributed by atoms with Crippen LogP contribution in [0.15, 0.2) is 15.9 Å². The minimum absolute atomic E-state index is 0.161. The molecule has 1 aromatic heterocycles. The SMILES string of the molecule is O=C(NCc1ccc(Br)s1)[C@H]1CCCN(CC(F)(F)F)C1. The summed E-state index contributed by atoms with van der Waals surface area (Å²) >= 11 is 4.87. The summed E-state index contributed by atoms with van der Waals surface area (Å²) in [4.78, 5) is 14.4. The fourth-order valence-corrected chi connectivity index (χ4v) is 3.85. The van der Waals surface area contributed by atoms with Crippen molar-refractivity contribution in [1.29, 1.82) is 0 Å². The number of rotatable bonds is 4. The van der Waals surface area contributed by atoms with Gasteiger partial charge >= 0.3 is 6.18 Å². The van der Waals surface area contributed by atoms with E-state index in [-0.39, 0.29) is 18.4 Å². The summed E-state index contributed by atoms with van der Waals surface area (Å²) in [5.41, 5.74) is 0. The third-order valence-corrected chi connectivity index (χ3v) is 4.97. The van der Waals surface area contributed by atoms with E-state index in [1.54, 1.807) is 0 Å². The summed E-state index contributed by atoms with van der Waals surface area (Å²) in [6.07, 6.45) is -2.94. The largest absolute Gasteiger partial charge is 0.401 e. The number of hydrogen-bond donors (Lipinski definition) is 1. The summed E-state index contributed by atoms with van der Waals surface area (Å²) in [5, 5.41) is 2.81. The highest BCUT2D eigenvalue weighted by Crippen LogP contribution is 2.24. The van der Waals surface area contributed by atoms with Gasteiger partial charge in [0.25, 0.3) is 0 Å². The Morgan fingerprint density at radius 3 is 2.86 bits per heavy atom. The second-order valence-electron chi connectivity index (χ2n) is 5.11. The number of hydrogen-bond acceptors (Lipinski definition) is 3. The van der Waals surface area contributed by atoms with Gasteiger partial charge in [-0.2, -0.15) is 13.2 Å². The fourth-order valence-electron chi connectivity index (χ4n) is 2.43. The molecule has 1 N–H and O–H groups in total.